The van der Waals surface area contributed by atoms with Crippen molar-refractivity contribution in [2.75, 3.05) is 13.2 Å². The Balaban J connectivity index is 2.31. The number of aromatic carboxylic acids is 1. The lowest BCUT2D eigenvalue weighted by molar-refractivity contribution is -0.122. The first-order valence-corrected chi connectivity index (χ1v) is 4.81. The quantitative estimate of drug-likeness (QED) is 0.508. The fourth-order valence-corrected chi connectivity index (χ4v) is 1.02. The number of rotatable bonds is 6. The molecule has 10 heteroatoms. The van der Waals surface area contributed by atoms with Gasteiger partial charge in [-0.25, -0.2) is 14.3 Å². The minimum absolute atomic E-state index is 0.0429. The zero-order valence-corrected chi connectivity index (χ0v) is 9.20. The van der Waals surface area contributed by atoms with Gasteiger partial charge in [-0.1, -0.05) is 5.21 Å². The van der Waals surface area contributed by atoms with Crippen LogP contribution in [-0.4, -0.2) is 51.2 Å². The first kappa shape index (κ1) is 13.4. The molecule has 0 aliphatic heterocycles. The molecule has 4 N–H and O–H groups in total. The van der Waals surface area contributed by atoms with E-state index in [9.17, 15) is 14.4 Å². The fraction of sp³-hybridized carbons (Fsp3) is 0.375. The summed E-state index contributed by atoms with van der Waals surface area (Å²) in [5.41, 5.74) is 4.46. The topological polar surface area (TPSA) is 149 Å². The van der Waals surface area contributed by atoms with Gasteiger partial charge in [-0.05, 0) is 0 Å². The monoisotopic (exact) mass is 257 g/mol. The van der Waals surface area contributed by atoms with E-state index in [1.54, 1.807) is 0 Å². The van der Waals surface area contributed by atoms with Gasteiger partial charge in [0.1, 0.15) is 13.2 Å². The van der Waals surface area contributed by atoms with Gasteiger partial charge in [0.2, 0.25) is 5.91 Å². The molecule has 0 saturated heterocycles. The Labute approximate surface area is 101 Å². The standard InChI is InChI=1S/C8H11N5O5/c9-8(17)18-2-1-10-6(14)4-13-3-5(7(15)16)11-12-13/h3H,1-2,4H2,(H2,9,17)(H,10,14)(H,15,16). The number of hydrogen-bond acceptors (Lipinski definition) is 6. The highest BCUT2D eigenvalue weighted by Crippen LogP contribution is 1.92. The number of nitrogens with one attached hydrogen (secondary N) is 1. The number of ether oxygens (including phenoxy) is 1. The van der Waals surface area contributed by atoms with Crippen LogP contribution in [0.2, 0.25) is 0 Å². The van der Waals surface area contributed by atoms with Crippen molar-refractivity contribution in [2.24, 2.45) is 5.73 Å². The summed E-state index contributed by atoms with van der Waals surface area (Å²) in [5, 5.41) is 17.8. The van der Waals surface area contributed by atoms with E-state index in [-0.39, 0.29) is 25.4 Å². The van der Waals surface area contributed by atoms with Crippen molar-refractivity contribution in [1.29, 1.82) is 0 Å². The zero-order chi connectivity index (χ0) is 13.5. The lowest BCUT2D eigenvalue weighted by Crippen LogP contribution is -2.31. The molecule has 0 aliphatic carbocycles. The Kier molecular flexibility index (Phi) is 4.60. The maximum absolute atomic E-state index is 11.3. The molecule has 1 aromatic rings. The summed E-state index contributed by atoms with van der Waals surface area (Å²) >= 11 is 0. The second kappa shape index (κ2) is 6.18. The van der Waals surface area contributed by atoms with Crippen molar-refractivity contribution in [3.8, 4) is 0 Å². The molecule has 1 aromatic heterocycles. The van der Waals surface area contributed by atoms with Crippen molar-refractivity contribution in [3.05, 3.63) is 11.9 Å². The molecule has 1 heterocycles. The largest absolute Gasteiger partial charge is 0.476 e. The normalized spacial score (nSPS) is 9.78. The Morgan fingerprint density at radius 3 is 2.78 bits per heavy atom. The van der Waals surface area contributed by atoms with Crippen molar-refractivity contribution < 1.29 is 24.2 Å². The third-order valence-corrected chi connectivity index (χ3v) is 1.73. The SMILES string of the molecule is NC(=O)OCCNC(=O)Cn1cc(C(=O)O)nn1. The van der Waals surface area contributed by atoms with E-state index in [4.69, 9.17) is 10.8 Å². The molecule has 0 spiro atoms. The summed E-state index contributed by atoms with van der Waals surface area (Å²) in [7, 11) is 0. The molecule has 0 fully saturated rings. The Hall–Kier alpha value is -2.65. The van der Waals surface area contributed by atoms with Crippen LogP contribution in [0.15, 0.2) is 6.20 Å². The van der Waals surface area contributed by atoms with Crippen LogP contribution < -0.4 is 11.1 Å². The summed E-state index contributed by atoms with van der Waals surface area (Å²) in [6.07, 6.45) is 0.202. The van der Waals surface area contributed by atoms with Crippen molar-refractivity contribution in [3.63, 3.8) is 0 Å². The van der Waals surface area contributed by atoms with Gasteiger partial charge in [0.25, 0.3) is 0 Å². The van der Waals surface area contributed by atoms with E-state index in [1.807, 2.05) is 0 Å². The van der Waals surface area contributed by atoms with Crippen LogP contribution in [0.3, 0.4) is 0 Å². The Morgan fingerprint density at radius 1 is 1.50 bits per heavy atom. The van der Waals surface area contributed by atoms with E-state index in [0.717, 1.165) is 10.9 Å². The highest BCUT2D eigenvalue weighted by atomic mass is 16.5. The molecule has 0 unspecified atom stereocenters. The molecule has 98 valence electrons. The predicted molar refractivity (Wildman–Crippen MR) is 55.5 cm³/mol. The van der Waals surface area contributed by atoms with Crippen LogP contribution >= 0.6 is 0 Å². The summed E-state index contributed by atoms with van der Waals surface area (Å²) in [5.74, 6) is -1.65. The number of carboxylic acid groups (broad SMARTS) is 1. The van der Waals surface area contributed by atoms with Crippen LogP contribution in [0, 0.1) is 0 Å². The van der Waals surface area contributed by atoms with Crippen LogP contribution in [0.25, 0.3) is 0 Å². The van der Waals surface area contributed by atoms with Gasteiger partial charge in [0, 0.05) is 0 Å². The molecule has 0 saturated carbocycles. The lowest BCUT2D eigenvalue weighted by Gasteiger charge is -2.04. The van der Waals surface area contributed by atoms with Crippen LogP contribution in [0.5, 0.6) is 0 Å². The first-order valence-electron chi connectivity index (χ1n) is 4.81. The van der Waals surface area contributed by atoms with Crippen molar-refractivity contribution in [2.45, 2.75) is 6.54 Å². The molecular formula is C8H11N5O5. The number of nitrogens with two attached hydrogens (primary N) is 1. The number of amides is 2. The van der Waals surface area contributed by atoms with Gasteiger partial charge in [0.05, 0.1) is 12.7 Å². The number of carbonyl (C=O) groups excluding carboxylic acids is 2. The first-order chi connectivity index (χ1) is 8.49. The molecule has 0 aliphatic rings. The van der Waals surface area contributed by atoms with Crippen LogP contribution in [0.4, 0.5) is 4.79 Å². The summed E-state index contributed by atoms with van der Waals surface area (Å²) < 4.78 is 5.47. The minimum Gasteiger partial charge on any atom is -0.476 e. The zero-order valence-electron chi connectivity index (χ0n) is 9.20. The molecule has 10 nitrogen and oxygen atoms in total. The maximum atomic E-state index is 11.3. The highest BCUT2D eigenvalue weighted by molar-refractivity contribution is 5.84. The van der Waals surface area contributed by atoms with E-state index in [2.05, 4.69) is 20.4 Å². The van der Waals surface area contributed by atoms with Crippen molar-refractivity contribution >= 4 is 18.0 Å². The minimum atomic E-state index is -1.23. The number of carbonyl (C=O) groups is 3. The molecule has 0 atom stereocenters. The summed E-state index contributed by atoms with van der Waals surface area (Å²) in [6, 6.07) is 0. The maximum Gasteiger partial charge on any atom is 0.404 e. The van der Waals surface area contributed by atoms with E-state index in [0.29, 0.717) is 0 Å². The number of primary amides is 1. The van der Waals surface area contributed by atoms with Gasteiger partial charge < -0.3 is 20.9 Å². The number of nitrogens with zero attached hydrogens (tertiary/aromatic N) is 3. The third kappa shape index (κ3) is 4.47. The van der Waals surface area contributed by atoms with Gasteiger partial charge >= 0.3 is 12.1 Å². The molecule has 2 amide bonds. The van der Waals surface area contributed by atoms with Gasteiger partial charge in [-0.3, -0.25) is 4.79 Å². The smallest absolute Gasteiger partial charge is 0.404 e. The second-order valence-corrected chi connectivity index (χ2v) is 3.12. The molecule has 0 bridgehead atoms. The predicted octanol–water partition coefficient (Wildman–Crippen LogP) is -1.81. The average molecular weight is 257 g/mol. The van der Waals surface area contributed by atoms with Crippen LogP contribution in [-0.2, 0) is 16.1 Å². The van der Waals surface area contributed by atoms with Gasteiger partial charge in [-0.15, -0.1) is 5.10 Å². The van der Waals surface area contributed by atoms with Gasteiger partial charge in [-0.2, -0.15) is 0 Å². The number of aromatic nitrogens is 3. The molecule has 0 aromatic carbocycles. The van der Waals surface area contributed by atoms with Gasteiger partial charge in [0.15, 0.2) is 5.69 Å². The average Bonchev–Trinajstić information content (AvgIpc) is 2.72. The molecule has 18 heavy (non-hydrogen) atoms. The number of hydrogen-bond donors (Lipinski definition) is 3. The molecule has 0 radical (unpaired) electrons. The molecule has 1 rings (SSSR count). The van der Waals surface area contributed by atoms with E-state index in [1.165, 1.54) is 0 Å². The molecular weight excluding hydrogens is 246 g/mol. The summed E-state index contributed by atoms with van der Waals surface area (Å²) in [4.78, 5) is 32.0. The lowest BCUT2D eigenvalue weighted by atomic mass is 10.5. The van der Waals surface area contributed by atoms with E-state index < -0.39 is 18.0 Å². The highest BCUT2D eigenvalue weighted by Gasteiger charge is 2.10. The summed E-state index contributed by atoms with van der Waals surface area (Å²) in [6.45, 7) is -0.127. The van der Waals surface area contributed by atoms with Crippen molar-refractivity contribution in [1.82, 2.24) is 20.3 Å². The van der Waals surface area contributed by atoms with E-state index >= 15 is 0 Å². The number of carboxylic acids is 1. The fourth-order valence-electron chi connectivity index (χ4n) is 1.02. The Morgan fingerprint density at radius 2 is 2.22 bits per heavy atom. The third-order valence-electron chi connectivity index (χ3n) is 1.73. The Bertz CT molecular complexity index is 456. The van der Waals surface area contributed by atoms with Crippen LogP contribution in [0.1, 0.15) is 10.5 Å². The second-order valence-electron chi connectivity index (χ2n) is 3.12.